The lowest BCUT2D eigenvalue weighted by atomic mass is 10.1. The number of aliphatic carboxylic acids is 1. The summed E-state index contributed by atoms with van der Waals surface area (Å²) >= 11 is 5.61. The van der Waals surface area contributed by atoms with Gasteiger partial charge in [-0.15, -0.1) is 0 Å². The predicted molar refractivity (Wildman–Crippen MR) is 64.1 cm³/mol. The van der Waals surface area contributed by atoms with Crippen molar-refractivity contribution in [2.24, 2.45) is 5.73 Å². The summed E-state index contributed by atoms with van der Waals surface area (Å²) in [6, 6.07) is 1.74. The highest BCUT2D eigenvalue weighted by molar-refractivity contribution is 6.31. The molecule has 0 unspecified atom stereocenters. The van der Waals surface area contributed by atoms with Crippen molar-refractivity contribution in [2.45, 2.75) is 12.5 Å². The van der Waals surface area contributed by atoms with E-state index in [0.29, 0.717) is 0 Å². The summed E-state index contributed by atoms with van der Waals surface area (Å²) in [5.41, 5.74) is 4.44. The van der Waals surface area contributed by atoms with Crippen LogP contribution in [-0.4, -0.2) is 28.9 Å². The molecule has 0 aliphatic carbocycles. The van der Waals surface area contributed by atoms with Crippen molar-refractivity contribution in [3.05, 3.63) is 34.6 Å². The number of carboxylic acid groups (broad SMARTS) is 1. The monoisotopic (exact) mass is 288 g/mol. The van der Waals surface area contributed by atoms with Gasteiger partial charge < -0.3 is 16.2 Å². The Morgan fingerprint density at radius 2 is 2.05 bits per heavy atom. The van der Waals surface area contributed by atoms with Crippen LogP contribution in [0.15, 0.2) is 18.2 Å². The topological polar surface area (TPSA) is 109 Å². The van der Waals surface area contributed by atoms with Crippen molar-refractivity contribution in [3.63, 3.8) is 0 Å². The number of primary amides is 1. The molecule has 1 aromatic carbocycles. The molecule has 8 heteroatoms. The molecular formula is C11H10ClFN2O4. The van der Waals surface area contributed by atoms with E-state index < -0.39 is 41.6 Å². The Morgan fingerprint density at radius 3 is 2.58 bits per heavy atom. The lowest BCUT2D eigenvalue weighted by Crippen LogP contribution is -2.43. The molecule has 0 aliphatic rings. The molecule has 6 nitrogen and oxygen atoms in total. The van der Waals surface area contributed by atoms with E-state index in [-0.39, 0.29) is 5.02 Å². The van der Waals surface area contributed by atoms with Gasteiger partial charge in [-0.25, -0.2) is 9.18 Å². The van der Waals surface area contributed by atoms with E-state index in [4.69, 9.17) is 22.4 Å². The fourth-order valence-corrected chi connectivity index (χ4v) is 1.48. The van der Waals surface area contributed by atoms with Gasteiger partial charge in [0.25, 0.3) is 5.91 Å². The minimum Gasteiger partial charge on any atom is -0.480 e. The van der Waals surface area contributed by atoms with Crippen molar-refractivity contribution in [1.82, 2.24) is 5.32 Å². The van der Waals surface area contributed by atoms with Crippen molar-refractivity contribution in [3.8, 4) is 0 Å². The molecule has 102 valence electrons. The third-order valence-electron chi connectivity index (χ3n) is 2.18. The number of hydrogen-bond acceptors (Lipinski definition) is 3. The van der Waals surface area contributed by atoms with E-state index >= 15 is 0 Å². The predicted octanol–water partition coefficient (Wildman–Crippen LogP) is 0.538. The quantitative estimate of drug-likeness (QED) is 0.734. The van der Waals surface area contributed by atoms with Crippen LogP contribution in [0.1, 0.15) is 16.8 Å². The molecule has 4 N–H and O–H groups in total. The van der Waals surface area contributed by atoms with Crippen LogP contribution in [0.25, 0.3) is 0 Å². The van der Waals surface area contributed by atoms with Gasteiger partial charge in [-0.2, -0.15) is 0 Å². The normalized spacial score (nSPS) is 11.7. The third kappa shape index (κ3) is 4.22. The minimum atomic E-state index is -1.52. The molecule has 0 heterocycles. The smallest absolute Gasteiger partial charge is 0.326 e. The van der Waals surface area contributed by atoms with Crippen molar-refractivity contribution < 1.29 is 23.9 Å². The second kappa shape index (κ2) is 6.14. The Morgan fingerprint density at radius 1 is 1.42 bits per heavy atom. The largest absolute Gasteiger partial charge is 0.480 e. The van der Waals surface area contributed by atoms with Gasteiger partial charge in [-0.1, -0.05) is 11.6 Å². The van der Waals surface area contributed by atoms with Crippen LogP contribution in [-0.2, 0) is 9.59 Å². The number of rotatable bonds is 5. The lowest BCUT2D eigenvalue weighted by Gasteiger charge is -2.13. The van der Waals surface area contributed by atoms with Crippen molar-refractivity contribution in [2.75, 3.05) is 0 Å². The average Bonchev–Trinajstić information content (AvgIpc) is 2.30. The molecule has 0 bridgehead atoms. The summed E-state index contributed by atoms with van der Waals surface area (Å²) < 4.78 is 13.4. The van der Waals surface area contributed by atoms with E-state index in [9.17, 15) is 18.8 Å². The molecule has 19 heavy (non-hydrogen) atoms. The van der Waals surface area contributed by atoms with E-state index in [2.05, 4.69) is 0 Å². The molecule has 0 spiro atoms. The summed E-state index contributed by atoms with van der Waals surface area (Å²) in [6.45, 7) is 0. The summed E-state index contributed by atoms with van der Waals surface area (Å²) in [5.74, 6) is -4.20. The second-order valence-electron chi connectivity index (χ2n) is 3.66. The molecule has 2 amide bonds. The highest BCUT2D eigenvalue weighted by Crippen LogP contribution is 2.15. The van der Waals surface area contributed by atoms with Gasteiger partial charge in [0.05, 0.1) is 12.0 Å². The minimum absolute atomic E-state index is 0.119. The number of carboxylic acids is 1. The Kier molecular flexibility index (Phi) is 4.82. The van der Waals surface area contributed by atoms with E-state index in [1.165, 1.54) is 6.07 Å². The third-order valence-corrected chi connectivity index (χ3v) is 2.42. The maximum Gasteiger partial charge on any atom is 0.326 e. The van der Waals surface area contributed by atoms with Crippen LogP contribution < -0.4 is 11.1 Å². The molecule has 1 rings (SSSR count). The SMILES string of the molecule is NC(=O)C[C@@H](NC(=O)c1cc(Cl)ccc1F)C(=O)O. The number of amides is 2. The summed E-state index contributed by atoms with van der Waals surface area (Å²) in [4.78, 5) is 33.2. The van der Waals surface area contributed by atoms with Crippen LogP contribution in [0.4, 0.5) is 4.39 Å². The highest BCUT2D eigenvalue weighted by atomic mass is 35.5. The number of halogens is 2. The zero-order chi connectivity index (χ0) is 14.6. The Hall–Kier alpha value is -2.15. The molecule has 1 aromatic rings. The van der Waals surface area contributed by atoms with Gasteiger partial charge in [0.1, 0.15) is 11.9 Å². The molecule has 0 fully saturated rings. The van der Waals surface area contributed by atoms with Gasteiger partial charge in [0, 0.05) is 5.02 Å². The van der Waals surface area contributed by atoms with Gasteiger partial charge in [-0.3, -0.25) is 9.59 Å². The molecule has 0 aliphatic heterocycles. The van der Waals surface area contributed by atoms with E-state index in [1.54, 1.807) is 0 Å². The van der Waals surface area contributed by atoms with Crippen LogP contribution in [0.2, 0.25) is 5.02 Å². The Labute approximate surface area is 112 Å². The molecule has 0 saturated heterocycles. The average molecular weight is 289 g/mol. The van der Waals surface area contributed by atoms with Gasteiger partial charge in [0.2, 0.25) is 5.91 Å². The zero-order valence-electron chi connectivity index (χ0n) is 9.52. The fraction of sp³-hybridized carbons (Fsp3) is 0.182. The molecular weight excluding hydrogens is 279 g/mol. The van der Waals surface area contributed by atoms with E-state index in [0.717, 1.165) is 12.1 Å². The zero-order valence-corrected chi connectivity index (χ0v) is 10.3. The molecule has 0 saturated carbocycles. The number of benzene rings is 1. The first kappa shape index (κ1) is 14.9. The van der Waals surface area contributed by atoms with Crippen molar-refractivity contribution in [1.29, 1.82) is 0 Å². The van der Waals surface area contributed by atoms with Crippen molar-refractivity contribution >= 4 is 29.4 Å². The summed E-state index contributed by atoms with van der Waals surface area (Å²) in [6.07, 6.45) is -0.594. The van der Waals surface area contributed by atoms with Crippen LogP contribution in [0.3, 0.4) is 0 Å². The van der Waals surface area contributed by atoms with Crippen LogP contribution in [0.5, 0.6) is 0 Å². The molecule has 0 radical (unpaired) electrons. The molecule has 0 aromatic heterocycles. The van der Waals surface area contributed by atoms with Gasteiger partial charge >= 0.3 is 5.97 Å². The number of nitrogens with two attached hydrogens (primary N) is 1. The Bertz CT molecular complexity index is 535. The van der Waals surface area contributed by atoms with E-state index in [1.807, 2.05) is 5.32 Å². The number of nitrogens with one attached hydrogen (secondary N) is 1. The second-order valence-corrected chi connectivity index (χ2v) is 4.10. The van der Waals surface area contributed by atoms with Crippen LogP contribution >= 0.6 is 11.6 Å². The highest BCUT2D eigenvalue weighted by Gasteiger charge is 2.24. The Balaban J connectivity index is 2.90. The van der Waals surface area contributed by atoms with Crippen LogP contribution in [0, 0.1) is 5.82 Å². The maximum atomic E-state index is 13.4. The summed E-state index contributed by atoms with van der Waals surface area (Å²) in [5, 5.41) is 10.9. The molecule has 1 atom stereocenters. The first-order chi connectivity index (χ1) is 8.81. The lowest BCUT2D eigenvalue weighted by molar-refractivity contribution is -0.140. The first-order valence-electron chi connectivity index (χ1n) is 5.08. The summed E-state index contributed by atoms with van der Waals surface area (Å²) in [7, 11) is 0. The standard InChI is InChI=1S/C11H10ClFN2O4/c12-5-1-2-7(13)6(3-5)10(17)15-8(11(18)19)4-9(14)16/h1-3,8H,4H2,(H2,14,16)(H,15,17)(H,18,19)/t8-/m1/s1. The number of carbonyl (C=O) groups is 3. The number of hydrogen-bond donors (Lipinski definition) is 3. The van der Waals surface area contributed by atoms with Gasteiger partial charge in [-0.05, 0) is 18.2 Å². The maximum absolute atomic E-state index is 13.4. The number of carbonyl (C=O) groups excluding carboxylic acids is 2. The first-order valence-corrected chi connectivity index (χ1v) is 5.46. The fourth-order valence-electron chi connectivity index (χ4n) is 1.31. The van der Waals surface area contributed by atoms with Gasteiger partial charge in [0.15, 0.2) is 0 Å².